The number of piperidine rings is 1. The van der Waals surface area contributed by atoms with Gasteiger partial charge in [-0.2, -0.15) is 0 Å². The highest BCUT2D eigenvalue weighted by molar-refractivity contribution is 5.83. The van der Waals surface area contributed by atoms with Crippen molar-refractivity contribution in [1.29, 1.82) is 0 Å². The largest absolute Gasteiger partial charge is 0.506 e. The number of nitrogens with one attached hydrogen (secondary N) is 1. The molecule has 1 atom stereocenters. The summed E-state index contributed by atoms with van der Waals surface area (Å²) in [5.74, 6) is -0.473. The van der Waals surface area contributed by atoms with Crippen molar-refractivity contribution in [2.45, 2.75) is 25.8 Å². The molecule has 2 aromatic rings. The van der Waals surface area contributed by atoms with E-state index in [0.29, 0.717) is 26.1 Å². The van der Waals surface area contributed by atoms with Crippen molar-refractivity contribution in [3.63, 3.8) is 0 Å². The topological polar surface area (TPSA) is 121 Å². The van der Waals surface area contributed by atoms with Gasteiger partial charge in [-0.15, -0.1) is 0 Å². The van der Waals surface area contributed by atoms with Crippen LogP contribution < -0.4 is 17.0 Å². The van der Waals surface area contributed by atoms with Crippen molar-refractivity contribution in [1.82, 2.24) is 14.5 Å². The minimum Gasteiger partial charge on any atom is -0.506 e. The minimum absolute atomic E-state index is 0.0903. The van der Waals surface area contributed by atoms with Gasteiger partial charge in [0, 0.05) is 13.1 Å². The van der Waals surface area contributed by atoms with Crippen molar-refractivity contribution in [2.75, 3.05) is 19.6 Å². The van der Waals surface area contributed by atoms with Crippen molar-refractivity contribution in [3.05, 3.63) is 39.0 Å². The number of phenols is 1. The van der Waals surface area contributed by atoms with Gasteiger partial charge in [-0.3, -0.25) is 19.1 Å². The molecule has 0 bridgehead atoms. The van der Waals surface area contributed by atoms with E-state index in [2.05, 4.69) is 9.88 Å². The number of hydrogen-bond donors (Lipinski definition) is 3. The number of carbonyl (C=O) groups is 1. The maximum Gasteiger partial charge on any atom is 0.328 e. The van der Waals surface area contributed by atoms with E-state index >= 15 is 0 Å². The average Bonchev–Trinajstić information content (AvgIpc) is 2.58. The summed E-state index contributed by atoms with van der Waals surface area (Å²) in [5, 5.41) is 10.4. The van der Waals surface area contributed by atoms with E-state index in [-0.39, 0.29) is 28.5 Å². The molecule has 25 heavy (non-hydrogen) atoms. The molecule has 1 fully saturated rings. The van der Waals surface area contributed by atoms with Crippen molar-refractivity contribution < 1.29 is 9.90 Å². The molecule has 134 valence electrons. The highest BCUT2D eigenvalue weighted by Gasteiger charge is 2.23. The van der Waals surface area contributed by atoms with Crippen LogP contribution in [0.5, 0.6) is 5.75 Å². The summed E-state index contributed by atoms with van der Waals surface area (Å²) < 4.78 is 1.39. The van der Waals surface area contributed by atoms with E-state index in [0.717, 1.165) is 19.4 Å². The minimum atomic E-state index is -0.535. The van der Waals surface area contributed by atoms with Crippen LogP contribution in [0, 0.1) is 5.92 Å². The zero-order valence-electron chi connectivity index (χ0n) is 13.9. The first kappa shape index (κ1) is 17.2. The number of hydrogen-bond acceptors (Lipinski definition) is 5. The number of aromatic hydroxyl groups is 1. The standard InChI is InChI=1S/C17H22N4O4/c18-15(23)11-4-2-7-20(10-11)8-3-9-21-14-12(5-1-6-13(14)22)16(24)19-17(21)25/h1,5-6,11,22H,2-4,7-10H2,(H2,18,23)(H,19,24,25). The fraction of sp³-hybridized carbons (Fsp3) is 0.471. The third-order valence-corrected chi connectivity index (χ3v) is 4.76. The summed E-state index contributed by atoms with van der Waals surface area (Å²) in [4.78, 5) is 39.8. The summed E-state index contributed by atoms with van der Waals surface area (Å²) in [6.07, 6.45) is 2.40. The number of phenolic OH excluding ortho intramolecular Hbond substituents is 1. The number of fused-ring (bicyclic) bond motifs is 1. The van der Waals surface area contributed by atoms with Crippen molar-refractivity contribution >= 4 is 16.8 Å². The van der Waals surface area contributed by atoms with Crippen LogP contribution in [0.3, 0.4) is 0 Å². The summed E-state index contributed by atoms with van der Waals surface area (Å²) >= 11 is 0. The van der Waals surface area contributed by atoms with Crippen LogP contribution in [0.25, 0.3) is 10.9 Å². The Balaban J connectivity index is 1.75. The van der Waals surface area contributed by atoms with Crippen molar-refractivity contribution in [2.24, 2.45) is 11.7 Å². The molecule has 1 unspecified atom stereocenters. The number of likely N-dealkylation sites (tertiary alicyclic amines) is 1. The van der Waals surface area contributed by atoms with Crippen LogP contribution in [0.15, 0.2) is 27.8 Å². The van der Waals surface area contributed by atoms with Crippen molar-refractivity contribution in [3.8, 4) is 5.75 Å². The maximum absolute atomic E-state index is 12.2. The molecular formula is C17H22N4O4. The van der Waals surface area contributed by atoms with Gasteiger partial charge < -0.3 is 15.7 Å². The number of primary amides is 1. The molecule has 8 nitrogen and oxygen atoms in total. The second kappa shape index (κ2) is 7.10. The number of para-hydroxylation sites is 1. The Bertz CT molecular complexity index is 902. The molecule has 4 N–H and O–H groups in total. The molecule has 1 aliphatic heterocycles. The number of aromatic amines is 1. The Morgan fingerprint density at radius 2 is 2.12 bits per heavy atom. The molecule has 8 heteroatoms. The fourth-order valence-corrected chi connectivity index (χ4v) is 3.49. The molecule has 1 aromatic heterocycles. The van der Waals surface area contributed by atoms with E-state index in [1.54, 1.807) is 12.1 Å². The first-order valence-electron chi connectivity index (χ1n) is 8.44. The lowest BCUT2D eigenvalue weighted by Crippen LogP contribution is -2.41. The molecule has 1 amide bonds. The number of amides is 1. The van der Waals surface area contributed by atoms with Gasteiger partial charge >= 0.3 is 5.69 Å². The third kappa shape index (κ3) is 3.58. The highest BCUT2D eigenvalue weighted by atomic mass is 16.3. The number of benzene rings is 1. The highest BCUT2D eigenvalue weighted by Crippen LogP contribution is 2.21. The van der Waals surface area contributed by atoms with Gasteiger partial charge in [-0.1, -0.05) is 6.07 Å². The van der Waals surface area contributed by atoms with Gasteiger partial charge in [0.25, 0.3) is 5.56 Å². The zero-order chi connectivity index (χ0) is 18.0. The van der Waals surface area contributed by atoms with E-state index in [1.165, 1.54) is 10.6 Å². The number of rotatable bonds is 5. The number of aryl methyl sites for hydroxylation is 1. The Morgan fingerprint density at radius 1 is 1.32 bits per heavy atom. The SMILES string of the molecule is NC(=O)C1CCCN(CCCn2c(=O)[nH]c(=O)c3cccc(O)c32)C1. The molecule has 1 aromatic carbocycles. The van der Waals surface area contributed by atoms with Crippen LogP contribution in [0.2, 0.25) is 0 Å². The summed E-state index contributed by atoms with van der Waals surface area (Å²) in [6.45, 7) is 2.62. The van der Waals surface area contributed by atoms with E-state index < -0.39 is 11.2 Å². The number of H-pyrrole nitrogens is 1. The van der Waals surface area contributed by atoms with Gasteiger partial charge in [0.2, 0.25) is 5.91 Å². The lowest BCUT2D eigenvalue weighted by Gasteiger charge is -2.31. The lowest BCUT2D eigenvalue weighted by molar-refractivity contribution is -0.123. The van der Waals surface area contributed by atoms with Crippen LogP contribution in [-0.4, -0.2) is 45.1 Å². The molecule has 1 saturated heterocycles. The summed E-state index contributed by atoms with van der Waals surface area (Å²) in [7, 11) is 0. The van der Waals surface area contributed by atoms with Gasteiger partial charge in [-0.05, 0) is 44.5 Å². The van der Waals surface area contributed by atoms with E-state index in [4.69, 9.17) is 5.73 Å². The Morgan fingerprint density at radius 3 is 2.88 bits per heavy atom. The number of nitrogens with zero attached hydrogens (tertiary/aromatic N) is 2. The Kier molecular flexibility index (Phi) is 4.89. The number of nitrogens with two attached hydrogens (primary N) is 1. The predicted molar refractivity (Wildman–Crippen MR) is 93.5 cm³/mol. The maximum atomic E-state index is 12.2. The van der Waals surface area contributed by atoms with Gasteiger partial charge in [-0.25, -0.2) is 4.79 Å². The molecule has 0 aliphatic carbocycles. The third-order valence-electron chi connectivity index (χ3n) is 4.76. The Hall–Kier alpha value is -2.61. The average molecular weight is 346 g/mol. The van der Waals surface area contributed by atoms with Gasteiger partial charge in [0.15, 0.2) is 0 Å². The van der Waals surface area contributed by atoms with E-state index in [1.807, 2.05) is 0 Å². The summed E-state index contributed by atoms with van der Waals surface area (Å²) in [6, 6.07) is 4.60. The fourth-order valence-electron chi connectivity index (χ4n) is 3.49. The monoisotopic (exact) mass is 346 g/mol. The normalized spacial score (nSPS) is 18.5. The second-order valence-electron chi connectivity index (χ2n) is 6.48. The summed E-state index contributed by atoms with van der Waals surface area (Å²) in [5.41, 5.74) is 4.60. The second-order valence-corrected chi connectivity index (χ2v) is 6.48. The zero-order valence-corrected chi connectivity index (χ0v) is 13.9. The smallest absolute Gasteiger partial charge is 0.328 e. The first-order chi connectivity index (χ1) is 12.0. The van der Waals surface area contributed by atoms with Crippen LogP contribution in [0.1, 0.15) is 19.3 Å². The molecule has 0 spiro atoms. The molecular weight excluding hydrogens is 324 g/mol. The molecule has 1 aliphatic rings. The molecule has 3 rings (SSSR count). The molecule has 0 saturated carbocycles. The number of aromatic nitrogens is 2. The van der Waals surface area contributed by atoms with E-state index in [9.17, 15) is 19.5 Å². The first-order valence-corrected chi connectivity index (χ1v) is 8.44. The van der Waals surface area contributed by atoms with Gasteiger partial charge in [0.05, 0.1) is 11.3 Å². The Labute approximate surface area is 143 Å². The molecule has 0 radical (unpaired) electrons. The van der Waals surface area contributed by atoms with Crippen LogP contribution in [0.4, 0.5) is 0 Å². The van der Waals surface area contributed by atoms with Crippen LogP contribution in [-0.2, 0) is 11.3 Å². The number of carbonyl (C=O) groups excluding carboxylic acids is 1. The quantitative estimate of drug-likeness (QED) is 0.703. The van der Waals surface area contributed by atoms with Crippen LogP contribution >= 0.6 is 0 Å². The predicted octanol–water partition coefficient (Wildman–Crippen LogP) is -0.0172. The lowest BCUT2D eigenvalue weighted by atomic mass is 9.97. The molecule has 2 heterocycles. The van der Waals surface area contributed by atoms with Gasteiger partial charge in [0.1, 0.15) is 11.3 Å².